The predicted molar refractivity (Wildman–Crippen MR) is 98.7 cm³/mol. The van der Waals surface area contributed by atoms with E-state index < -0.39 is 0 Å². The lowest BCUT2D eigenvalue weighted by Crippen LogP contribution is -2.53. The molecular formula is C19H31N5O. The molecule has 138 valence electrons. The number of amides is 1. The summed E-state index contributed by atoms with van der Waals surface area (Å²) in [6, 6.07) is -0.0695. The number of hydrogen-bond donors (Lipinski definition) is 1. The SMILES string of the molecule is Cc1nc(CCNC(=O)C(C)N2CCN(C)CC2)nc2c1CCCC2. The fourth-order valence-corrected chi connectivity index (χ4v) is 3.78. The lowest BCUT2D eigenvalue weighted by atomic mass is 9.95. The number of aryl methyl sites for hydroxylation is 2. The van der Waals surface area contributed by atoms with Gasteiger partial charge in [0.15, 0.2) is 0 Å². The lowest BCUT2D eigenvalue weighted by Gasteiger charge is -2.35. The molecule has 6 heteroatoms. The monoisotopic (exact) mass is 345 g/mol. The van der Waals surface area contributed by atoms with Crippen LogP contribution in [0.3, 0.4) is 0 Å². The first-order chi connectivity index (χ1) is 12.0. The molecule has 2 aliphatic rings. The van der Waals surface area contributed by atoms with Crippen molar-refractivity contribution in [2.75, 3.05) is 39.8 Å². The molecule has 0 bridgehead atoms. The second-order valence-electron chi connectivity index (χ2n) is 7.41. The Hall–Kier alpha value is -1.53. The van der Waals surface area contributed by atoms with Gasteiger partial charge in [-0.05, 0) is 52.1 Å². The van der Waals surface area contributed by atoms with Crippen LogP contribution in [-0.2, 0) is 24.1 Å². The van der Waals surface area contributed by atoms with E-state index in [9.17, 15) is 4.79 Å². The Morgan fingerprint density at radius 3 is 2.64 bits per heavy atom. The second kappa shape index (κ2) is 8.23. The summed E-state index contributed by atoms with van der Waals surface area (Å²) in [6.07, 6.45) is 5.35. The van der Waals surface area contributed by atoms with Gasteiger partial charge in [0.2, 0.25) is 5.91 Å². The average molecular weight is 345 g/mol. The molecule has 25 heavy (non-hydrogen) atoms. The number of aromatic nitrogens is 2. The number of rotatable bonds is 5. The molecular weight excluding hydrogens is 314 g/mol. The van der Waals surface area contributed by atoms with Crippen molar-refractivity contribution in [1.82, 2.24) is 25.1 Å². The molecule has 1 amide bonds. The van der Waals surface area contributed by atoms with E-state index in [0.29, 0.717) is 13.0 Å². The summed E-state index contributed by atoms with van der Waals surface area (Å²) in [7, 11) is 2.13. The van der Waals surface area contributed by atoms with E-state index >= 15 is 0 Å². The zero-order valence-corrected chi connectivity index (χ0v) is 15.8. The van der Waals surface area contributed by atoms with Crippen LogP contribution in [0.25, 0.3) is 0 Å². The van der Waals surface area contributed by atoms with Crippen LogP contribution in [0.1, 0.15) is 42.5 Å². The van der Waals surface area contributed by atoms with Gasteiger partial charge in [-0.2, -0.15) is 0 Å². The maximum atomic E-state index is 12.4. The van der Waals surface area contributed by atoms with Crippen molar-refractivity contribution in [3.05, 3.63) is 22.8 Å². The van der Waals surface area contributed by atoms with Gasteiger partial charge in [0, 0.05) is 50.5 Å². The highest BCUT2D eigenvalue weighted by molar-refractivity contribution is 5.81. The Bertz CT molecular complexity index is 610. The molecule has 3 rings (SSSR count). The summed E-state index contributed by atoms with van der Waals surface area (Å²) in [6.45, 7) is 8.66. The quantitative estimate of drug-likeness (QED) is 0.861. The van der Waals surface area contributed by atoms with Crippen LogP contribution < -0.4 is 5.32 Å². The Kier molecular flexibility index (Phi) is 6.02. The molecule has 0 radical (unpaired) electrons. The minimum atomic E-state index is -0.0695. The number of carbonyl (C=O) groups is 1. The van der Waals surface area contributed by atoms with E-state index in [4.69, 9.17) is 4.98 Å². The Labute approximate surface area is 151 Å². The number of carbonyl (C=O) groups excluding carboxylic acids is 1. The molecule has 0 aromatic carbocycles. The van der Waals surface area contributed by atoms with E-state index in [1.165, 1.54) is 24.1 Å². The molecule has 1 fully saturated rings. The van der Waals surface area contributed by atoms with Crippen LogP contribution in [0, 0.1) is 6.92 Å². The van der Waals surface area contributed by atoms with Gasteiger partial charge in [-0.15, -0.1) is 0 Å². The minimum Gasteiger partial charge on any atom is -0.354 e. The molecule has 1 atom stereocenters. The number of likely N-dealkylation sites (N-methyl/N-ethyl adjacent to an activating group) is 1. The smallest absolute Gasteiger partial charge is 0.237 e. The number of nitrogens with one attached hydrogen (secondary N) is 1. The van der Waals surface area contributed by atoms with Crippen LogP contribution in [0.4, 0.5) is 0 Å². The molecule has 1 aliphatic carbocycles. The fourth-order valence-electron chi connectivity index (χ4n) is 3.78. The topological polar surface area (TPSA) is 61.4 Å². The van der Waals surface area contributed by atoms with Gasteiger partial charge in [-0.3, -0.25) is 9.69 Å². The largest absolute Gasteiger partial charge is 0.354 e. The summed E-state index contributed by atoms with van der Waals surface area (Å²) in [4.78, 5) is 26.4. The van der Waals surface area contributed by atoms with Crippen LogP contribution in [0.2, 0.25) is 0 Å². The zero-order valence-electron chi connectivity index (χ0n) is 15.8. The van der Waals surface area contributed by atoms with Crippen molar-refractivity contribution in [1.29, 1.82) is 0 Å². The zero-order chi connectivity index (χ0) is 17.8. The standard InChI is InChI=1S/C19H31N5O/c1-14-16-6-4-5-7-17(16)22-18(21-14)8-9-20-19(25)15(2)24-12-10-23(3)11-13-24/h15H,4-13H2,1-3H3,(H,20,25). The third kappa shape index (κ3) is 4.55. The number of fused-ring (bicyclic) bond motifs is 1. The molecule has 1 aliphatic heterocycles. The van der Waals surface area contributed by atoms with Crippen molar-refractivity contribution in [3.8, 4) is 0 Å². The normalized spacial score (nSPS) is 20.1. The molecule has 1 aromatic rings. The number of nitrogens with zero attached hydrogens (tertiary/aromatic N) is 4. The highest BCUT2D eigenvalue weighted by atomic mass is 16.2. The van der Waals surface area contributed by atoms with E-state index in [1.807, 2.05) is 6.92 Å². The van der Waals surface area contributed by atoms with Gasteiger partial charge >= 0.3 is 0 Å². The van der Waals surface area contributed by atoms with Crippen molar-refractivity contribution >= 4 is 5.91 Å². The third-order valence-electron chi connectivity index (χ3n) is 5.55. The van der Waals surface area contributed by atoms with Gasteiger partial charge in [-0.25, -0.2) is 9.97 Å². The van der Waals surface area contributed by atoms with Crippen molar-refractivity contribution in [3.63, 3.8) is 0 Å². The third-order valence-corrected chi connectivity index (χ3v) is 5.55. The molecule has 1 saturated heterocycles. The second-order valence-corrected chi connectivity index (χ2v) is 7.41. The first-order valence-electron chi connectivity index (χ1n) is 9.60. The molecule has 1 N–H and O–H groups in total. The Morgan fingerprint density at radius 1 is 1.16 bits per heavy atom. The van der Waals surface area contributed by atoms with Crippen LogP contribution in [-0.4, -0.2) is 71.5 Å². The minimum absolute atomic E-state index is 0.0695. The highest BCUT2D eigenvalue weighted by Crippen LogP contribution is 2.21. The summed E-state index contributed by atoms with van der Waals surface area (Å²) in [5.41, 5.74) is 3.70. The maximum Gasteiger partial charge on any atom is 0.237 e. The van der Waals surface area contributed by atoms with Crippen LogP contribution >= 0.6 is 0 Å². The van der Waals surface area contributed by atoms with Crippen LogP contribution in [0.5, 0.6) is 0 Å². The predicted octanol–water partition coefficient (Wildman–Crippen LogP) is 0.958. The summed E-state index contributed by atoms with van der Waals surface area (Å²) < 4.78 is 0. The Morgan fingerprint density at radius 2 is 1.88 bits per heavy atom. The van der Waals surface area contributed by atoms with Gasteiger partial charge in [0.1, 0.15) is 5.82 Å². The summed E-state index contributed by atoms with van der Waals surface area (Å²) in [5, 5.41) is 3.06. The number of piperazine rings is 1. The number of hydrogen-bond acceptors (Lipinski definition) is 5. The maximum absolute atomic E-state index is 12.4. The highest BCUT2D eigenvalue weighted by Gasteiger charge is 2.24. The van der Waals surface area contributed by atoms with Crippen molar-refractivity contribution in [2.45, 2.75) is 52.0 Å². The average Bonchev–Trinajstić information content (AvgIpc) is 2.62. The van der Waals surface area contributed by atoms with Gasteiger partial charge in [0.25, 0.3) is 0 Å². The molecule has 0 saturated carbocycles. The fraction of sp³-hybridized carbons (Fsp3) is 0.737. The van der Waals surface area contributed by atoms with E-state index in [2.05, 4.69) is 34.1 Å². The first-order valence-corrected chi connectivity index (χ1v) is 9.60. The first kappa shape index (κ1) is 18.3. The van der Waals surface area contributed by atoms with Gasteiger partial charge in [0.05, 0.1) is 6.04 Å². The molecule has 1 unspecified atom stereocenters. The lowest BCUT2D eigenvalue weighted by molar-refractivity contribution is -0.126. The molecule has 0 spiro atoms. The molecule has 1 aromatic heterocycles. The van der Waals surface area contributed by atoms with Crippen LogP contribution in [0.15, 0.2) is 0 Å². The molecule has 2 heterocycles. The summed E-state index contributed by atoms with van der Waals surface area (Å²) >= 11 is 0. The van der Waals surface area contributed by atoms with Crippen molar-refractivity contribution in [2.24, 2.45) is 0 Å². The molecule has 6 nitrogen and oxygen atoms in total. The van der Waals surface area contributed by atoms with E-state index in [0.717, 1.165) is 50.5 Å². The van der Waals surface area contributed by atoms with E-state index in [-0.39, 0.29) is 11.9 Å². The van der Waals surface area contributed by atoms with E-state index in [1.54, 1.807) is 0 Å². The summed E-state index contributed by atoms with van der Waals surface area (Å²) in [5.74, 6) is 0.977. The van der Waals surface area contributed by atoms with Crippen molar-refractivity contribution < 1.29 is 4.79 Å². The van der Waals surface area contributed by atoms with Gasteiger partial charge < -0.3 is 10.2 Å². The van der Waals surface area contributed by atoms with Gasteiger partial charge in [-0.1, -0.05) is 0 Å². The Balaban J connectivity index is 1.49.